The molecule has 1 amide bonds. The topological polar surface area (TPSA) is 50.4 Å². The molecule has 0 saturated heterocycles. The lowest BCUT2D eigenvalue weighted by Gasteiger charge is -2.22. The predicted octanol–water partition coefficient (Wildman–Crippen LogP) is 3.21. The summed E-state index contributed by atoms with van der Waals surface area (Å²) in [7, 11) is 0. The van der Waals surface area contributed by atoms with Crippen LogP contribution in [0, 0.1) is 5.41 Å². The minimum Gasteiger partial charge on any atom is -0.444 e. The first-order valence-electron chi connectivity index (χ1n) is 8.05. The van der Waals surface area contributed by atoms with Crippen LogP contribution in [-0.2, 0) is 4.74 Å². The van der Waals surface area contributed by atoms with E-state index in [0.717, 1.165) is 25.8 Å². The molecule has 2 fully saturated rings. The molecule has 0 radical (unpaired) electrons. The average Bonchev–Trinajstić information content (AvgIpc) is 2.99. The van der Waals surface area contributed by atoms with Gasteiger partial charge in [-0.1, -0.05) is 6.92 Å². The van der Waals surface area contributed by atoms with Crippen LogP contribution < -0.4 is 10.6 Å². The van der Waals surface area contributed by atoms with Gasteiger partial charge in [0.25, 0.3) is 0 Å². The maximum Gasteiger partial charge on any atom is 0.407 e. The monoisotopic (exact) mass is 282 g/mol. The van der Waals surface area contributed by atoms with Crippen molar-refractivity contribution in [1.29, 1.82) is 0 Å². The van der Waals surface area contributed by atoms with Crippen molar-refractivity contribution in [2.24, 2.45) is 5.41 Å². The summed E-state index contributed by atoms with van der Waals surface area (Å²) in [6.07, 6.45) is 6.99. The van der Waals surface area contributed by atoms with E-state index in [9.17, 15) is 4.79 Å². The normalized spacial score (nSPS) is 28.2. The van der Waals surface area contributed by atoms with Gasteiger partial charge in [0.1, 0.15) is 5.60 Å². The van der Waals surface area contributed by atoms with Crippen molar-refractivity contribution in [2.75, 3.05) is 6.54 Å². The zero-order valence-electron chi connectivity index (χ0n) is 13.4. The molecule has 2 atom stereocenters. The molecule has 0 bridgehead atoms. The first-order valence-corrected chi connectivity index (χ1v) is 8.05. The van der Waals surface area contributed by atoms with Crippen LogP contribution in [0.1, 0.15) is 66.2 Å². The number of carbonyl (C=O) groups excluding carboxylic acids is 1. The minimum absolute atomic E-state index is 0.263. The number of hydrogen-bond donors (Lipinski definition) is 2. The fourth-order valence-electron chi connectivity index (χ4n) is 2.97. The van der Waals surface area contributed by atoms with Gasteiger partial charge in [0.2, 0.25) is 0 Å². The van der Waals surface area contributed by atoms with Crippen molar-refractivity contribution in [3.05, 3.63) is 0 Å². The van der Waals surface area contributed by atoms with Crippen molar-refractivity contribution >= 4 is 6.09 Å². The number of hydrogen-bond acceptors (Lipinski definition) is 3. The van der Waals surface area contributed by atoms with Gasteiger partial charge in [0, 0.05) is 18.6 Å². The Morgan fingerprint density at radius 1 is 1.25 bits per heavy atom. The standard InChI is InChI=1S/C16H30N2O2/c1-5-16(8-9-16)11-17-12-6-7-13(10-12)18-14(19)20-15(2,3)4/h12-13,17H,5-11H2,1-4H3,(H,18,19). The SMILES string of the molecule is CCC1(CNC2CCC(NC(=O)OC(C)(C)C)C2)CC1. The van der Waals surface area contributed by atoms with Crippen LogP contribution >= 0.6 is 0 Å². The summed E-state index contributed by atoms with van der Waals surface area (Å²) in [6, 6.07) is 0.818. The summed E-state index contributed by atoms with van der Waals surface area (Å²) < 4.78 is 5.31. The Morgan fingerprint density at radius 2 is 1.90 bits per heavy atom. The number of alkyl carbamates (subject to hydrolysis) is 1. The minimum atomic E-state index is -0.417. The van der Waals surface area contributed by atoms with Crippen LogP contribution in [0.2, 0.25) is 0 Å². The number of carbonyl (C=O) groups is 1. The second kappa shape index (κ2) is 5.92. The van der Waals surface area contributed by atoms with E-state index in [-0.39, 0.29) is 12.1 Å². The van der Waals surface area contributed by atoms with E-state index in [1.165, 1.54) is 19.3 Å². The molecule has 2 N–H and O–H groups in total. The molecule has 20 heavy (non-hydrogen) atoms. The van der Waals surface area contributed by atoms with Gasteiger partial charge >= 0.3 is 6.09 Å². The lowest BCUT2D eigenvalue weighted by Crippen LogP contribution is -2.39. The fourth-order valence-corrected chi connectivity index (χ4v) is 2.97. The third-order valence-electron chi connectivity index (χ3n) is 4.63. The lowest BCUT2D eigenvalue weighted by atomic mass is 10.0. The van der Waals surface area contributed by atoms with Crippen LogP contribution in [0.15, 0.2) is 0 Å². The van der Waals surface area contributed by atoms with Crippen LogP contribution in [0.5, 0.6) is 0 Å². The predicted molar refractivity (Wildman–Crippen MR) is 80.8 cm³/mol. The second-order valence-corrected chi connectivity index (χ2v) is 7.59. The summed E-state index contributed by atoms with van der Waals surface area (Å²) in [5.41, 5.74) is 0.177. The van der Waals surface area contributed by atoms with Gasteiger partial charge in [-0.3, -0.25) is 0 Å². The van der Waals surface area contributed by atoms with Crippen LogP contribution in [0.25, 0.3) is 0 Å². The molecular weight excluding hydrogens is 252 g/mol. The number of ether oxygens (including phenoxy) is 1. The summed E-state index contributed by atoms with van der Waals surface area (Å²) in [4.78, 5) is 11.7. The third-order valence-corrected chi connectivity index (χ3v) is 4.63. The average molecular weight is 282 g/mol. The zero-order valence-corrected chi connectivity index (χ0v) is 13.4. The lowest BCUT2D eigenvalue weighted by molar-refractivity contribution is 0.0505. The maximum atomic E-state index is 11.7. The third kappa shape index (κ3) is 4.65. The molecule has 116 valence electrons. The van der Waals surface area contributed by atoms with E-state index in [1.54, 1.807) is 0 Å². The number of rotatable bonds is 5. The van der Waals surface area contributed by atoms with Gasteiger partial charge in [-0.05, 0) is 64.7 Å². The van der Waals surface area contributed by atoms with Gasteiger partial charge in [-0.2, -0.15) is 0 Å². The van der Waals surface area contributed by atoms with Gasteiger partial charge in [0.15, 0.2) is 0 Å². The highest BCUT2D eigenvalue weighted by Gasteiger charge is 2.41. The Bertz CT molecular complexity index is 345. The Morgan fingerprint density at radius 3 is 2.45 bits per heavy atom. The molecule has 0 aliphatic heterocycles. The van der Waals surface area contributed by atoms with E-state index >= 15 is 0 Å². The quantitative estimate of drug-likeness (QED) is 0.814. The second-order valence-electron chi connectivity index (χ2n) is 7.59. The molecule has 2 saturated carbocycles. The van der Waals surface area contributed by atoms with Crippen molar-refractivity contribution in [3.63, 3.8) is 0 Å². The molecule has 2 aliphatic carbocycles. The molecule has 4 nitrogen and oxygen atoms in total. The van der Waals surface area contributed by atoms with E-state index < -0.39 is 5.60 Å². The van der Waals surface area contributed by atoms with E-state index in [0.29, 0.717) is 11.5 Å². The number of amides is 1. The Kier molecular flexibility index (Phi) is 4.62. The summed E-state index contributed by atoms with van der Waals surface area (Å²) >= 11 is 0. The Balaban J connectivity index is 1.66. The van der Waals surface area contributed by atoms with Crippen molar-refractivity contribution < 1.29 is 9.53 Å². The van der Waals surface area contributed by atoms with Gasteiger partial charge in [-0.25, -0.2) is 4.79 Å². The summed E-state index contributed by atoms with van der Waals surface area (Å²) in [6.45, 7) is 9.12. The van der Waals surface area contributed by atoms with E-state index in [4.69, 9.17) is 4.74 Å². The molecule has 0 aromatic rings. The van der Waals surface area contributed by atoms with Crippen LogP contribution in [0.4, 0.5) is 4.79 Å². The highest BCUT2D eigenvalue weighted by molar-refractivity contribution is 5.68. The van der Waals surface area contributed by atoms with Gasteiger partial charge in [-0.15, -0.1) is 0 Å². The van der Waals surface area contributed by atoms with E-state index in [2.05, 4.69) is 17.6 Å². The van der Waals surface area contributed by atoms with Crippen LogP contribution in [0.3, 0.4) is 0 Å². The van der Waals surface area contributed by atoms with E-state index in [1.807, 2.05) is 20.8 Å². The first kappa shape index (κ1) is 15.6. The highest BCUT2D eigenvalue weighted by Crippen LogP contribution is 2.48. The maximum absolute atomic E-state index is 11.7. The van der Waals surface area contributed by atoms with Crippen molar-refractivity contribution in [1.82, 2.24) is 10.6 Å². The smallest absolute Gasteiger partial charge is 0.407 e. The molecule has 4 heteroatoms. The molecular formula is C16H30N2O2. The zero-order chi connectivity index (χ0) is 14.8. The van der Waals surface area contributed by atoms with Crippen molar-refractivity contribution in [2.45, 2.75) is 83.9 Å². The summed E-state index contributed by atoms with van der Waals surface area (Å²) in [5, 5.41) is 6.69. The van der Waals surface area contributed by atoms with Crippen molar-refractivity contribution in [3.8, 4) is 0 Å². The highest BCUT2D eigenvalue weighted by atomic mass is 16.6. The molecule has 0 heterocycles. The Labute approximate surface area is 123 Å². The van der Waals surface area contributed by atoms with Gasteiger partial charge < -0.3 is 15.4 Å². The molecule has 2 aliphatic rings. The fraction of sp³-hybridized carbons (Fsp3) is 0.938. The first-order chi connectivity index (χ1) is 9.32. The molecule has 0 spiro atoms. The molecule has 2 unspecified atom stereocenters. The van der Waals surface area contributed by atoms with Gasteiger partial charge in [0.05, 0.1) is 0 Å². The summed E-state index contributed by atoms with van der Waals surface area (Å²) in [5.74, 6) is 0. The molecule has 0 aromatic heterocycles. The van der Waals surface area contributed by atoms with Crippen LogP contribution in [-0.4, -0.2) is 30.3 Å². The largest absolute Gasteiger partial charge is 0.444 e. The Hall–Kier alpha value is -0.770. The molecule has 2 rings (SSSR count). The number of nitrogens with one attached hydrogen (secondary N) is 2. The molecule has 0 aromatic carbocycles.